The zero-order valence-electron chi connectivity index (χ0n) is 16.8. The zero-order valence-corrected chi connectivity index (χ0v) is 18.5. The summed E-state index contributed by atoms with van der Waals surface area (Å²) >= 11 is 0. The first-order chi connectivity index (χ1) is 12.9. The Morgan fingerprint density at radius 2 is 1.89 bits per heavy atom. The molecule has 7 heteroatoms. The summed E-state index contributed by atoms with van der Waals surface area (Å²) in [5.41, 5.74) is 1.32. The third-order valence-electron chi connectivity index (χ3n) is 4.44. The van der Waals surface area contributed by atoms with Gasteiger partial charge in [-0.3, -0.25) is 0 Å². The summed E-state index contributed by atoms with van der Waals surface area (Å²) in [4.78, 5) is 13.1. The Labute approximate surface area is 171 Å². The maximum Gasteiger partial charge on any atom is 0.147 e. The summed E-state index contributed by atoms with van der Waals surface area (Å²) in [6, 6.07) is 5.69. The second kappa shape index (κ2) is 10.5. The van der Waals surface area contributed by atoms with Gasteiger partial charge in [-0.1, -0.05) is 49.6 Å². The summed E-state index contributed by atoms with van der Waals surface area (Å²) in [7, 11) is 3.18. The van der Waals surface area contributed by atoms with E-state index in [0.717, 1.165) is 50.8 Å². The molecule has 5 nitrogen and oxygen atoms in total. The van der Waals surface area contributed by atoms with Crippen LogP contribution in [0.15, 0.2) is 18.2 Å². The standard InChI is InChI=1S/C20H32N2O3S2/c1-5-7-12-21(13-8-6-2)27-26-15-22(19(23)24)17-11-9-10-16-14-20(3,4)25-18(16)17/h9-11H,5-8,12-15H2,1-4H3,(H,23,24)/p-1. The Bertz CT molecular complexity index is 617. The molecule has 0 saturated carbocycles. The molecule has 0 bridgehead atoms. The van der Waals surface area contributed by atoms with Crippen LogP contribution in [0.4, 0.5) is 10.5 Å². The summed E-state index contributed by atoms with van der Waals surface area (Å²) < 4.78 is 8.36. The number of carbonyl (C=O) groups is 1. The third-order valence-corrected chi connectivity index (χ3v) is 6.75. The maximum atomic E-state index is 11.8. The first-order valence-corrected chi connectivity index (χ1v) is 12.0. The number of ether oxygens (including phenoxy) is 1. The minimum atomic E-state index is -1.20. The van der Waals surface area contributed by atoms with E-state index in [-0.39, 0.29) is 5.60 Å². The molecule has 0 aliphatic carbocycles. The molecule has 1 aliphatic heterocycles. The van der Waals surface area contributed by atoms with E-state index in [9.17, 15) is 9.90 Å². The van der Waals surface area contributed by atoms with E-state index in [0.29, 0.717) is 17.3 Å². The van der Waals surface area contributed by atoms with Crippen molar-refractivity contribution in [2.75, 3.05) is 23.9 Å². The van der Waals surface area contributed by atoms with E-state index in [2.05, 4.69) is 18.2 Å². The van der Waals surface area contributed by atoms with Crippen LogP contribution in [0.1, 0.15) is 58.9 Å². The molecule has 0 saturated heterocycles. The van der Waals surface area contributed by atoms with E-state index < -0.39 is 6.09 Å². The minimum Gasteiger partial charge on any atom is -0.530 e. The van der Waals surface area contributed by atoms with Crippen molar-refractivity contribution in [1.82, 2.24) is 4.31 Å². The van der Waals surface area contributed by atoms with Crippen LogP contribution in [0.5, 0.6) is 5.75 Å². The highest BCUT2D eigenvalue weighted by Crippen LogP contribution is 2.43. The smallest absolute Gasteiger partial charge is 0.147 e. The number of hydrogen-bond acceptors (Lipinski definition) is 6. The molecule has 1 heterocycles. The molecule has 0 fully saturated rings. The summed E-state index contributed by atoms with van der Waals surface area (Å²) in [5.74, 6) is 0.980. The topological polar surface area (TPSA) is 55.8 Å². The molecule has 0 spiro atoms. The number of carbonyl (C=O) groups excluding carboxylic acids is 1. The fraction of sp³-hybridized carbons (Fsp3) is 0.650. The molecule has 0 unspecified atom stereocenters. The number of anilines is 1. The Kier molecular flexibility index (Phi) is 8.63. The highest BCUT2D eigenvalue weighted by atomic mass is 33.1. The Morgan fingerprint density at radius 1 is 1.22 bits per heavy atom. The Balaban J connectivity index is 2.03. The summed E-state index contributed by atoms with van der Waals surface area (Å²) in [6.45, 7) is 10.5. The number of nitrogens with zero attached hydrogens (tertiary/aromatic N) is 2. The van der Waals surface area contributed by atoms with Crippen LogP contribution >= 0.6 is 21.8 Å². The van der Waals surface area contributed by atoms with Crippen molar-refractivity contribution >= 4 is 33.6 Å². The lowest BCUT2D eigenvalue weighted by Crippen LogP contribution is -2.41. The van der Waals surface area contributed by atoms with Crippen LogP contribution in [0.2, 0.25) is 0 Å². The van der Waals surface area contributed by atoms with Crippen LogP contribution in [-0.4, -0.2) is 35.0 Å². The number of para-hydroxylation sites is 1. The molecular formula is C20H31N2O3S2-. The number of hydrogen-bond donors (Lipinski definition) is 0. The molecule has 0 radical (unpaired) electrons. The van der Waals surface area contributed by atoms with Crippen molar-refractivity contribution in [1.29, 1.82) is 0 Å². The molecule has 152 valence electrons. The van der Waals surface area contributed by atoms with E-state index >= 15 is 0 Å². The number of amides is 1. The van der Waals surface area contributed by atoms with Gasteiger partial charge in [-0.15, -0.1) is 0 Å². The summed E-state index contributed by atoms with van der Waals surface area (Å²) in [6.07, 6.45) is 4.19. The van der Waals surface area contributed by atoms with Crippen molar-refractivity contribution < 1.29 is 14.6 Å². The maximum absolute atomic E-state index is 11.8. The second-order valence-corrected chi connectivity index (χ2v) is 9.77. The lowest BCUT2D eigenvalue weighted by atomic mass is 10.0. The van der Waals surface area contributed by atoms with Gasteiger partial charge in [0.15, 0.2) is 0 Å². The number of fused-ring (bicyclic) bond motifs is 1. The molecule has 0 N–H and O–H groups in total. The average Bonchev–Trinajstić information content (AvgIpc) is 2.94. The van der Waals surface area contributed by atoms with Crippen molar-refractivity contribution in [3.8, 4) is 5.75 Å². The van der Waals surface area contributed by atoms with Gasteiger partial charge < -0.3 is 19.5 Å². The predicted octanol–water partition coefficient (Wildman–Crippen LogP) is 4.71. The lowest BCUT2D eigenvalue weighted by Gasteiger charge is -2.28. The second-order valence-electron chi connectivity index (χ2n) is 7.46. The van der Waals surface area contributed by atoms with Gasteiger partial charge in [0, 0.05) is 25.1 Å². The van der Waals surface area contributed by atoms with Gasteiger partial charge in [-0.25, -0.2) is 4.31 Å². The predicted molar refractivity (Wildman–Crippen MR) is 114 cm³/mol. The van der Waals surface area contributed by atoms with E-state index in [1.54, 1.807) is 17.0 Å². The van der Waals surface area contributed by atoms with Crippen LogP contribution in [0.3, 0.4) is 0 Å². The molecule has 2 rings (SSSR count). The monoisotopic (exact) mass is 411 g/mol. The number of benzene rings is 1. The molecule has 1 amide bonds. The normalized spacial score (nSPS) is 14.9. The quantitative estimate of drug-likeness (QED) is 0.299. The van der Waals surface area contributed by atoms with Gasteiger partial charge >= 0.3 is 0 Å². The fourth-order valence-electron chi connectivity index (χ4n) is 3.04. The molecule has 27 heavy (non-hydrogen) atoms. The van der Waals surface area contributed by atoms with Crippen molar-refractivity contribution in [2.24, 2.45) is 0 Å². The largest absolute Gasteiger partial charge is 0.530 e. The van der Waals surface area contributed by atoms with Crippen LogP contribution in [0, 0.1) is 0 Å². The van der Waals surface area contributed by atoms with Crippen LogP contribution < -0.4 is 14.7 Å². The van der Waals surface area contributed by atoms with E-state index in [4.69, 9.17) is 4.74 Å². The molecule has 0 aromatic heterocycles. The minimum absolute atomic E-state index is 0.308. The van der Waals surface area contributed by atoms with Crippen molar-refractivity contribution in [3.63, 3.8) is 0 Å². The SMILES string of the molecule is CCCCN(CCCC)SSCN(C(=O)[O-])c1cccc2c1OC(C)(C)C2. The summed E-state index contributed by atoms with van der Waals surface area (Å²) in [5, 5.41) is 11.8. The third kappa shape index (κ3) is 6.50. The number of rotatable bonds is 11. The number of unbranched alkanes of at least 4 members (excludes halogenated alkanes) is 2. The van der Waals surface area contributed by atoms with Crippen LogP contribution in [0.25, 0.3) is 0 Å². The van der Waals surface area contributed by atoms with Gasteiger partial charge in [0.2, 0.25) is 0 Å². The van der Waals surface area contributed by atoms with Gasteiger partial charge in [-0.2, -0.15) is 0 Å². The van der Waals surface area contributed by atoms with Gasteiger partial charge in [0.05, 0.1) is 11.6 Å². The Morgan fingerprint density at radius 3 is 2.48 bits per heavy atom. The van der Waals surface area contributed by atoms with Crippen LogP contribution in [-0.2, 0) is 6.42 Å². The molecular weight excluding hydrogens is 380 g/mol. The highest BCUT2D eigenvalue weighted by molar-refractivity contribution is 8.75. The average molecular weight is 412 g/mol. The van der Waals surface area contributed by atoms with Gasteiger partial charge in [-0.05, 0) is 43.7 Å². The van der Waals surface area contributed by atoms with Crippen molar-refractivity contribution in [3.05, 3.63) is 23.8 Å². The highest BCUT2D eigenvalue weighted by Gasteiger charge is 2.33. The van der Waals surface area contributed by atoms with Gasteiger partial charge in [0.1, 0.15) is 17.4 Å². The zero-order chi connectivity index (χ0) is 19.9. The fourth-order valence-corrected chi connectivity index (χ4v) is 5.34. The lowest BCUT2D eigenvalue weighted by molar-refractivity contribution is -0.246. The van der Waals surface area contributed by atoms with Crippen molar-refractivity contribution in [2.45, 2.75) is 65.4 Å². The molecule has 1 aromatic rings. The number of carboxylic acid groups (broad SMARTS) is 1. The van der Waals surface area contributed by atoms with Gasteiger partial charge in [0.25, 0.3) is 0 Å². The first-order valence-electron chi connectivity index (χ1n) is 9.72. The molecule has 0 atom stereocenters. The van der Waals surface area contributed by atoms with E-state index in [1.165, 1.54) is 15.7 Å². The van der Waals surface area contributed by atoms with E-state index in [1.807, 2.05) is 26.0 Å². The molecule has 1 aliphatic rings. The molecule has 1 aromatic carbocycles. The first kappa shape index (κ1) is 22.2. The Hall–Kier alpha value is -1.05.